The van der Waals surface area contributed by atoms with Crippen LogP contribution in [-0.2, 0) is 9.53 Å². The van der Waals surface area contributed by atoms with E-state index in [4.69, 9.17) is 9.84 Å². The van der Waals surface area contributed by atoms with Gasteiger partial charge in [0.15, 0.2) is 6.10 Å². The summed E-state index contributed by atoms with van der Waals surface area (Å²) < 4.78 is 18.3. The smallest absolute Gasteiger partial charge is 0.258 e. The lowest BCUT2D eigenvalue weighted by Crippen LogP contribution is -2.43. The van der Waals surface area contributed by atoms with Crippen molar-refractivity contribution in [3.05, 3.63) is 30.1 Å². The summed E-state index contributed by atoms with van der Waals surface area (Å²) in [6.45, 7) is -0.508. The van der Waals surface area contributed by atoms with Crippen LogP contribution in [0.25, 0.3) is 0 Å². The Hall–Kier alpha value is -1.54. The van der Waals surface area contributed by atoms with Gasteiger partial charge < -0.3 is 25.0 Å². The summed E-state index contributed by atoms with van der Waals surface area (Å²) in [5.74, 6) is -1.12. The fraction of sp³-hybridized carbons (Fsp3) is 0.462. The van der Waals surface area contributed by atoms with Crippen molar-refractivity contribution in [1.29, 1.82) is 0 Å². The van der Waals surface area contributed by atoms with E-state index in [1.807, 2.05) is 0 Å². The van der Waals surface area contributed by atoms with Crippen LogP contribution >= 0.6 is 0 Å². The minimum absolute atomic E-state index is 0.299. The Bertz CT molecular complexity index is 497. The maximum Gasteiger partial charge on any atom is 0.258 e. The van der Waals surface area contributed by atoms with Crippen molar-refractivity contribution in [3.63, 3.8) is 0 Å². The Morgan fingerprint density at radius 2 is 2.10 bits per heavy atom. The number of benzene rings is 1. The molecule has 0 spiro atoms. The van der Waals surface area contributed by atoms with E-state index < -0.39 is 42.7 Å². The highest BCUT2D eigenvalue weighted by molar-refractivity contribution is 5.96. The molecule has 1 amide bonds. The van der Waals surface area contributed by atoms with E-state index in [1.165, 1.54) is 31.3 Å². The Balaban J connectivity index is 2.15. The lowest BCUT2D eigenvalue weighted by Gasteiger charge is -2.22. The molecule has 1 heterocycles. The molecule has 0 radical (unpaired) electrons. The first-order valence-electron chi connectivity index (χ1n) is 6.11. The molecule has 7 heteroatoms. The molecule has 0 aromatic heterocycles. The molecule has 0 aliphatic carbocycles. The summed E-state index contributed by atoms with van der Waals surface area (Å²) in [6.07, 6.45) is -5.08. The number of aliphatic hydroxyl groups excluding tert-OH is 3. The van der Waals surface area contributed by atoms with E-state index in [-0.39, 0.29) is 0 Å². The molecular formula is C13H16FNO5. The molecule has 0 saturated carbocycles. The predicted octanol–water partition coefficient (Wildman–Crippen LogP) is -0.730. The van der Waals surface area contributed by atoms with Gasteiger partial charge in [0.05, 0.1) is 6.61 Å². The number of rotatable bonds is 3. The third kappa shape index (κ3) is 2.66. The number of ether oxygens (including phenoxy) is 1. The average molecular weight is 285 g/mol. The minimum Gasteiger partial charge on any atom is -0.394 e. The molecule has 1 aromatic rings. The van der Waals surface area contributed by atoms with Gasteiger partial charge in [0.2, 0.25) is 0 Å². The van der Waals surface area contributed by atoms with Crippen molar-refractivity contribution in [2.45, 2.75) is 24.4 Å². The second kappa shape index (κ2) is 5.84. The topological polar surface area (TPSA) is 90.2 Å². The van der Waals surface area contributed by atoms with Crippen LogP contribution in [-0.4, -0.2) is 59.3 Å². The van der Waals surface area contributed by atoms with Crippen LogP contribution in [0.3, 0.4) is 0 Å². The van der Waals surface area contributed by atoms with E-state index >= 15 is 0 Å². The van der Waals surface area contributed by atoms with Crippen LogP contribution in [0.15, 0.2) is 24.3 Å². The Labute approximate surface area is 115 Å². The van der Waals surface area contributed by atoms with Crippen LogP contribution < -0.4 is 4.90 Å². The Morgan fingerprint density at radius 1 is 1.40 bits per heavy atom. The van der Waals surface area contributed by atoms with Crippen molar-refractivity contribution in [1.82, 2.24) is 0 Å². The molecule has 1 aliphatic heterocycles. The lowest BCUT2D eigenvalue weighted by atomic mass is 10.1. The summed E-state index contributed by atoms with van der Waals surface area (Å²) in [5, 5.41) is 28.4. The Morgan fingerprint density at radius 3 is 2.65 bits per heavy atom. The SMILES string of the molecule is CN(C(=O)C1O[C@H](CO)[C@@H](O)[C@H]1O)c1cccc(F)c1. The molecule has 1 unspecified atom stereocenters. The first-order valence-corrected chi connectivity index (χ1v) is 6.11. The van der Waals surface area contributed by atoms with Gasteiger partial charge in [0.1, 0.15) is 24.1 Å². The molecule has 1 aliphatic rings. The van der Waals surface area contributed by atoms with Crippen LogP contribution in [0.2, 0.25) is 0 Å². The number of carbonyl (C=O) groups is 1. The van der Waals surface area contributed by atoms with Gasteiger partial charge in [-0.3, -0.25) is 4.79 Å². The van der Waals surface area contributed by atoms with Gasteiger partial charge in [-0.15, -0.1) is 0 Å². The third-order valence-corrected chi connectivity index (χ3v) is 3.31. The summed E-state index contributed by atoms with van der Waals surface area (Å²) >= 11 is 0. The van der Waals surface area contributed by atoms with Gasteiger partial charge in [0, 0.05) is 12.7 Å². The van der Waals surface area contributed by atoms with Crippen LogP contribution in [0.5, 0.6) is 0 Å². The summed E-state index contributed by atoms with van der Waals surface area (Å²) in [4.78, 5) is 13.3. The standard InChI is InChI=1S/C13H16FNO5/c1-15(8-4-2-3-7(14)5-8)13(19)12-11(18)10(17)9(6-16)20-12/h2-5,9-12,16-18H,6H2,1H3/t9-,10-,11-,12?/m1/s1. The minimum atomic E-state index is -1.43. The fourth-order valence-corrected chi connectivity index (χ4v) is 2.11. The number of aliphatic hydroxyl groups is 3. The monoisotopic (exact) mass is 285 g/mol. The molecular weight excluding hydrogens is 269 g/mol. The first-order chi connectivity index (χ1) is 9.45. The van der Waals surface area contributed by atoms with Crippen molar-refractivity contribution in [3.8, 4) is 0 Å². The first kappa shape index (κ1) is 14.9. The summed E-state index contributed by atoms with van der Waals surface area (Å²) in [6, 6.07) is 5.39. The van der Waals surface area contributed by atoms with Crippen LogP contribution in [0.1, 0.15) is 0 Å². The second-order valence-corrected chi connectivity index (χ2v) is 4.64. The molecule has 3 N–H and O–H groups in total. The molecule has 1 fully saturated rings. The van der Waals surface area contributed by atoms with Gasteiger partial charge in [-0.2, -0.15) is 0 Å². The number of amides is 1. The van der Waals surface area contributed by atoms with Crippen LogP contribution in [0.4, 0.5) is 10.1 Å². The zero-order chi connectivity index (χ0) is 14.9. The molecule has 0 bridgehead atoms. The van der Waals surface area contributed by atoms with Crippen molar-refractivity contribution >= 4 is 11.6 Å². The number of nitrogens with zero attached hydrogens (tertiary/aromatic N) is 1. The van der Waals surface area contributed by atoms with Gasteiger partial charge in [-0.1, -0.05) is 6.07 Å². The number of anilines is 1. The highest BCUT2D eigenvalue weighted by Gasteiger charge is 2.47. The number of hydrogen-bond donors (Lipinski definition) is 3. The third-order valence-electron chi connectivity index (χ3n) is 3.31. The Kier molecular flexibility index (Phi) is 4.34. The second-order valence-electron chi connectivity index (χ2n) is 4.64. The average Bonchev–Trinajstić information content (AvgIpc) is 2.73. The summed E-state index contributed by atoms with van der Waals surface area (Å²) in [7, 11) is 1.41. The van der Waals surface area contributed by atoms with E-state index in [0.717, 1.165) is 4.90 Å². The van der Waals surface area contributed by atoms with E-state index in [0.29, 0.717) is 5.69 Å². The molecule has 1 saturated heterocycles. The fourth-order valence-electron chi connectivity index (χ4n) is 2.11. The molecule has 20 heavy (non-hydrogen) atoms. The van der Waals surface area contributed by atoms with Crippen molar-refractivity contribution in [2.75, 3.05) is 18.6 Å². The number of halogens is 1. The van der Waals surface area contributed by atoms with E-state index in [2.05, 4.69) is 0 Å². The van der Waals surface area contributed by atoms with Gasteiger partial charge in [0.25, 0.3) is 5.91 Å². The molecule has 4 atom stereocenters. The lowest BCUT2D eigenvalue weighted by molar-refractivity contribution is -0.133. The largest absolute Gasteiger partial charge is 0.394 e. The van der Waals surface area contributed by atoms with Gasteiger partial charge in [-0.25, -0.2) is 4.39 Å². The maximum absolute atomic E-state index is 13.1. The van der Waals surface area contributed by atoms with Crippen LogP contribution in [0, 0.1) is 5.82 Å². The zero-order valence-electron chi connectivity index (χ0n) is 10.8. The van der Waals surface area contributed by atoms with E-state index in [9.17, 15) is 19.4 Å². The quantitative estimate of drug-likeness (QED) is 0.681. The maximum atomic E-state index is 13.1. The number of hydrogen-bond acceptors (Lipinski definition) is 5. The highest BCUT2D eigenvalue weighted by Crippen LogP contribution is 2.24. The normalized spacial score (nSPS) is 29.4. The molecule has 6 nitrogen and oxygen atoms in total. The number of carbonyl (C=O) groups excluding carboxylic acids is 1. The zero-order valence-corrected chi connectivity index (χ0v) is 10.8. The highest BCUT2D eigenvalue weighted by atomic mass is 19.1. The molecule has 2 rings (SSSR count). The predicted molar refractivity (Wildman–Crippen MR) is 67.6 cm³/mol. The number of likely N-dealkylation sites (N-methyl/N-ethyl adjacent to an activating group) is 1. The summed E-state index contributed by atoms with van der Waals surface area (Å²) in [5.41, 5.74) is 0.299. The molecule has 110 valence electrons. The van der Waals surface area contributed by atoms with Gasteiger partial charge in [-0.05, 0) is 18.2 Å². The van der Waals surface area contributed by atoms with Crippen molar-refractivity contribution < 1.29 is 29.2 Å². The van der Waals surface area contributed by atoms with Crippen molar-refractivity contribution in [2.24, 2.45) is 0 Å². The van der Waals surface area contributed by atoms with E-state index in [1.54, 1.807) is 0 Å². The van der Waals surface area contributed by atoms with Gasteiger partial charge >= 0.3 is 0 Å². The molecule has 1 aromatic carbocycles.